The quantitative estimate of drug-likeness (QED) is 0.168. The molecule has 2 heterocycles. The number of halogens is 2. The molecule has 0 aliphatic carbocycles. The Kier molecular flexibility index (Phi) is 7.47. The summed E-state index contributed by atoms with van der Waals surface area (Å²) in [5.41, 5.74) is 1.15. The Balaban J connectivity index is 1.44. The number of para-hydroxylation sites is 1. The van der Waals surface area contributed by atoms with E-state index in [0.29, 0.717) is 38.7 Å². The third kappa shape index (κ3) is 5.16. The lowest BCUT2D eigenvalue weighted by Crippen LogP contribution is -2.54. The van der Waals surface area contributed by atoms with E-state index < -0.39 is 17.6 Å². The molecule has 8 nitrogen and oxygen atoms in total. The lowest BCUT2D eigenvalue weighted by molar-refractivity contribution is -0.122. The lowest BCUT2D eigenvalue weighted by atomic mass is 10.1. The molecule has 0 radical (unpaired) electrons. The molecule has 0 atom stereocenters. The fourth-order valence-electron chi connectivity index (χ4n) is 3.94. The van der Waals surface area contributed by atoms with Crippen molar-refractivity contribution in [3.8, 4) is 23.0 Å². The van der Waals surface area contributed by atoms with Gasteiger partial charge in [0.1, 0.15) is 18.0 Å². The van der Waals surface area contributed by atoms with Crippen molar-refractivity contribution in [3.05, 3.63) is 80.7 Å². The highest BCUT2D eigenvalue weighted by Crippen LogP contribution is 2.37. The van der Waals surface area contributed by atoms with Crippen molar-refractivity contribution in [1.29, 1.82) is 0 Å². The van der Waals surface area contributed by atoms with E-state index in [1.807, 2.05) is 25.1 Å². The fourth-order valence-corrected chi connectivity index (χ4v) is 4.99. The van der Waals surface area contributed by atoms with Crippen LogP contribution in [0.25, 0.3) is 6.08 Å². The average Bonchev–Trinajstić information content (AvgIpc) is 3.35. The average molecular weight is 646 g/mol. The molecular formula is C27H20FIN2O6S. The number of rotatable bonds is 7. The molecule has 194 valence electrons. The number of ether oxygens (including phenoxy) is 4. The minimum absolute atomic E-state index is 0.0507. The molecule has 38 heavy (non-hydrogen) atoms. The molecule has 5 rings (SSSR count). The van der Waals surface area contributed by atoms with E-state index in [-0.39, 0.29) is 29.8 Å². The third-order valence-electron chi connectivity index (χ3n) is 5.66. The van der Waals surface area contributed by atoms with Gasteiger partial charge in [-0.3, -0.25) is 14.9 Å². The van der Waals surface area contributed by atoms with Crippen molar-refractivity contribution < 1.29 is 32.9 Å². The van der Waals surface area contributed by atoms with Crippen LogP contribution in [0.2, 0.25) is 0 Å². The Hall–Kier alpha value is -3.71. The van der Waals surface area contributed by atoms with E-state index in [1.54, 1.807) is 18.2 Å². The molecular weight excluding hydrogens is 626 g/mol. The maximum absolute atomic E-state index is 14.4. The first-order chi connectivity index (χ1) is 18.4. The smallest absolute Gasteiger partial charge is 0.270 e. The molecule has 2 amide bonds. The Morgan fingerprint density at radius 3 is 2.68 bits per heavy atom. The zero-order valence-electron chi connectivity index (χ0n) is 20.0. The van der Waals surface area contributed by atoms with Crippen LogP contribution in [0, 0.1) is 9.39 Å². The van der Waals surface area contributed by atoms with Gasteiger partial charge in [0.05, 0.1) is 15.9 Å². The summed E-state index contributed by atoms with van der Waals surface area (Å²) in [6.45, 7) is 2.65. The highest BCUT2D eigenvalue weighted by molar-refractivity contribution is 14.1. The summed E-state index contributed by atoms with van der Waals surface area (Å²) in [7, 11) is 0. The number of benzene rings is 3. The second kappa shape index (κ2) is 11.0. The highest BCUT2D eigenvalue weighted by Gasteiger charge is 2.35. The van der Waals surface area contributed by atoms with E-state index in [0.717, 1.165) is 10.5 Å². The zero-order chi connectivity index (χ0) is 26.8. The SMILES string of the molecule is CCOc1cc(/C=C2\C(=O)NC(=S)N(c3ccccc3F)C2=O)cc(I)c1OCc1ccc2c(c1)OCO2. The highest BCUT2D eigenvalue weighted by atomic mass is 127. The fraction of sp³-hybridized carbons (Fsp3) is 0.148. The van der Waals surface area contributed by atoms with Gasteiger partial charge in [-0.1, -0.05) is 18.2 Å². The molecule has 11 heteroatoms. The predicted octanol–water partition coefficient (Wildman–Crippen LogP) is 4.97. The Morgan fingerprint density at radius 1 is 1.11 bits per heavy atom. The van der Waals surface area contributed by atoms with Gasteiger partial charge in [-0.2, -0.15) is 0 Å². The van der Waals surface area contributed by atoms with Crippen molar-refractivity contribution in [2.24, 2.45) is 0 Å². The normalized spacial score (nSPS) is 15.6. The number of carbonyl (C=O) groups excluding carboxylic acids is 2. The first kappa shape index (κ1) is 25.9. The molecule has 2 aliphatic heterocycles. The van der Waals surface area contributed by atoms with Crippen molar-refractivity contribution >= 4 is 63.5 Å². The van der Waals surface area contributed by atoms with Gasteiger partial charge in [-0.05, 0) is 95.3 Å². The molecule has 0 spiro atoms. The molecule has 2 aliphatic rings. The van der Waals surface area contributed by atoms with Crippen molar-refractivity contribution in [3.63, 3.8) is 0 Å². The zero-order valence-corrected chi connectivity index (χ0v) is 22.9. The van der Waals surface area contributed by atoms with E-state index in [1.165, 1.54) is 24.3 Å². The first-order valence-corrected chi connectivity index (χ1v) is 13.0. The van der Waals surface area contributed by atoms with E-state index >= 15 is 0 Å². The number of fused-ring (bicyclic) bond motifs is 1. The number of nitrogens with one attached hydrogen (secondary N) is 1. The van der Waals surface area contributed by atoms with Crippen LogP contribution in [0.4, 0.5) is 10.1 Å². The maximum Gasteiger partial charge on any atom is 0.270 e. The summed E-state index contributed by atoms with van der Waals surface area (Å²) in [5, 5.41) is 2.27. The van der Waals surface area contributed by atoms with Crippen LogP contribution in [0.5, 0.6) is 23.0 Å². The minimum atomic E-state index is -0.736. The van der Waals surface area contributed by atoms with Gasteiger partial charge in [0.2, 0.25) is 6.79 Å². The summed E-state index contributed by atoms with van der Waals surface area (Å²) in [4.78, 5) is 26.9. The molecule has 0 unspecified atom stereocenters. The third-order valence-corrected chi connectivity index (χ3v) is 6.74. The predicted molar refractivity (Wildman–Crippen MR) is 150 cm³/mol. The number of amides is 2. The van der Waals surface area contributed by atoms with Gasteiger partial charge in [-0.25, -0.2) is 9.29 Å². The molecule has 1 saturated heterocycles. The lowest BCUT2D eigenvalue weighted by Gasteiger charge is -2.29. The van der Waals surface area contributed by atoms with Crippen LogP contribution in [0.15, 0.2) is 60.2 Å². The van der Waals surface area contributed by atoms with Gasteiger partial charge in [0.15, 0.2) is 28.1 Å². The second-order valence-electron chi connectivity index (χ2n) is 8.15. The van der Waals surface area contributed by atoms with Gasteiger partial charge >= 0.3 is 0 Å². The van der Waals surface area contributed by atoms with Gasteiger partial charge < -0.3 is 18.9 Å². The second-order valence-corrected chi connectivity index (χ2v) is 9.70. The van der Waals surface area contributed by atoms with Crippen molar-refractivity contribution in [1.82, 2.24) is 5.32 Å². The largest absolute Gasteiger partial charge is 0.490 e. The molecule has 1 fully saturated rings. The summed E-state index contributed by atoms with van der Waals surface area (Å²) in [5.74, 6) is 0.246. The van der Waals surface area contributed by atoms with Crippen molar-refractivity contribution in [2.45, 2.75) is 13.5 Å². The van der Waals surface area contributed by atoms with Crippen LogP contribution in [-0.4, -0.2) is 30.3 Å². The number of hydrogen-bond acceptors (Lipinski definition) is 7. The number of hydrogen-bond donors (Lipinski definition) is 1. The summed E-state index contributed by atoms with van der Waals surface area (Å²) >= 11 is 7.26. The van der Waals surface area contributed by atoms with Gasteiger partial charge in [0.25, 0.3) is 11.8 Å². The van der Waals surface area contributed by atoms with Crippen LogP contribution in [-0.2, 0) is 16.2 Å². The molecule has 1 N–H and O–H groups in total. The van der Waals surface area contributed by atoms with Gasteiger partial charge in [0, 0.05) is 0 Å². The van der Waals surface area contributed by atoms with E-state index in [9.17, 15) is 14.0 Å². The van der Waals surface area contributed by atoms with Crippen LogP contribution < -0.4 is 29.2 Å². The molecule has 3 aromatic rings. The topological polar surface area (TPSA) is 86.3 Å². The van der Waals surface area contributed by atoms with Crippen LogP contribution in [0.3, 0.4) is 0 Å². The van der Waals surface area contributed by atoms with E-state index in [2.05, 4.69) is 27.9 Å². The van der Waals surface area contributed by atoms with Crippen LogP contribution in [0.1, 0.15) is 18.1 Å². The monoisotopic (exact) mass is 646 g/mol. The molecule has 0 aromatic heterocycles. The molecule has 0 bridgehead atoms. The summed E-state index contributed by atoms with van der Waals surface area (Å²) in [6, 6.07) is 14.7. The number of thiocarbonyl (C=S) groups is 1. The standard InChI is InChI=1S/C27H20FIN2O6S/c1-2-34-23-12-16(10-19(29)24(23)35-13-15-7-8-21-22(11-15)37-14-36-21)9-17-25(32)30-27(38)31(26(17)33)20-6-4-3-5-18(20)28/h3-12H,2,13-14H2,1H3,(H,30,32,38)/b17-9+. The van der Waals surface area contributed by atoms with Crippen LogP contribution >= 0.6 is 34.8 Å². The number of carbonyl (C=O) groups is 2. The molecule has 3 aromatic carbocycles. The van der Waals surface area contributed by atoms with Crippen molar-refractivity contribution in [2.75, 3.05) is 18.3 Å². The summed E-state index contributed by atoms with van der Waals surface area (Å²) < 4.78 is 37.8. The summed E-state index contributed by atoms with van der Waals surface area (Å²) in [6.07, 6.45) is 1.42. The number of anilines is 1. The Bertz CT molecular complexity index is 1490. The Labute approximate surface area is 236 Å². The van der Waals surface area contributed by atoms with Gasteiger partial charge in [-0.15, -0.1) is 0 Å². The Morgan fingerprint density at radius 2 is 1.89 bits per heavy atom. The number of nitrogens with zero attached hydrogens (tertiary/aromatic N) is 1. The molecule has 0 saturated carbocycles. The minimum Gasteiger partial charge on any atom is -0.490 e. The van der Waals surface area contributed by atoms with E-state index in [4.69, 9.17) is 31.2 Å². The maximum atomic E-state index is 14.4. The first-order valence-electron chi connectivity index (χ1n) is 11.5.